The van der Waals surface area contributed by atoms with Crippen LogP contribution in [-0.4, -0.2) is 40.0 Å². The van der Waals surface area contributed by atoms with Crippen molar-refractivity contribution in [2.24, 2.45) is 0 Å². The van der Waals surface area contributed by atoms with Crippen LogP contribution in [-0.2, 0) is 17.1 Å². The average Bonchev–Trinajstić information content (AvgIpc) is 2.73. The van der Waals surface area contributed by atoms with Crippen LogP contribution in [0.5, 0.6) is 0 Å². The Morgan fingerprint density at radius 2 is 1.11 bits per heavy atom. The van der Waals surface area contributed by atoms with Crippen molar-refractivity contribution < 1.29 is 17.1 Å². The first-order valence-electron chi connectivity index (χ1n) is 6.37. The fourth-order valence-corrected chi connectivity index (χ4v) is 0.321. The first-order valence-corrected chi connectivity index (χ1v) is 12.4. The van der Waals surface area contributed by atoms with Crippen LogP contribution in [0.2, 0.25) is 0 Å². The maximum atomic E-state index is 3.60. The van der Waals surface area contributed by atoms with Gasteiger partial charge in [0.25, 0.3) is 0 Å². The summed E-state index contributed by atoms with van der Waals surface area (Å²) >= 11 is 0. The van der Waals surface area contributed by atoms with Crippen LogP contribution >= 0.6 is 15.8 Å². The molecule has 0 aromatic heterocycles. The molecule has 0 aliphatic heterocycles. The van der Waals surface area contributed by atoms with Crippen LogP contribution in [0.15, 0.2) is 30.3 Å². The first-order chi connectivity index (χ1) is 7.88. The molecular weight excluding hydrogens is 298 g/mol. The van der Waals surface area contributed by atoms with Crippen molar-refractivity contribution in [1.29, 1.82) is 0 Å². The van der Waals surface area contributed by atoms with E-state index in [0.717, 1.165) is 6.42 Å². The van der Waals surface area contributed by atoms with Crippen LogP contribution in [0.3, 0.4) is 0 Å². The molecule has 0 unspecified atom stereocenters. The Labute approximate surface area is 130 Å². The standard InChI is InChI=1S/C5H5.C4H9.2C3H9P.Fe/c1-2-4-5-3-1;1-3-4-2;2*1-4(2)3;/h1-5H;1,3-4H2,2H3;2*1-3H3;/q2*-1;;;+6/p+2. The van der Waals surface area contributed by atoms with Crippen molar-refractivity contribution in [3.05, 3.63) is 37.3 Å². The Kier molecular flexibility index (Phi) is 39.7. The van der Waals surface area contributed by atoms with Crippen LogP contribution in [0.25, 0.3) is 0 Å². The van der Waals surface area contributed by atoms with Crippen molar-refractivity contribution in [1.82, 2.24) is 0 Å². The normalized spacial score (nSPS) is 7.89. The molecule has 0 amide bonds. The van der Waals surface area contributed by atoms with Gasteiger partial charge in [0, 0.05) is 40.0 Å². The third-order valence-electron chi connectivity index (χ3n) is 0.909. The summed E-state index contributed by atoms with van der Waals surface area (Å²) in [5.41, 5.74) is 0. The second-order valence-corrected chi connectivity index (χ2v) is 10.8. The predicted octanol–water partition coefficient (Wildman–Crippen LogP) is 5.20. The van der Waals surface area contributed by atoms with E-state index in [9.17, 15) is 0 Å². The van der Waals surface area contributed by atoms with E-state index in [-0.39, 0.29) is 32.9 Å². The Bertz CT molecular complexity index is 142. The van der Waals surface area contributed by atoms with Gasteiger partial charge in [-0.25, -0.2) is 12.1 Å². The van der Waals surface area contributed by atoms with E-state index in [1.165, 1.54) is 6.42 Å². The van der Waals surface area contributed by atoms with E-state index in [1.54, 1.807) is 0 Å². The smallest absolute Gasteiger partial charge is 0.343 e. The summed E-state index contributed by atoms with van der Waals surface area (Å²) in [5.74, 6) is 0. The van der Waals surface area contributed by atoms with Crippen LogP contribution in [0.4, 0.5) is 0 Å². The maximum absolute atomic E-state index is 3.60. The number of hydrogen-bond acceptors (Lipinski definition) is 0. The monoisotopic (exact) mass is 332 g/mol. The predicted molar refractivity (Wildman–Crippen MR) is 94.5 cm³/mol. The number of unbranched alkanes of at least 4 members (excludes halogenated alkanes) is 1. The second-order valence-electron chi connectivity index (χ2n) is 4.82. The third kappa shape index (κ3) is 91.4. The Morgan fingerprint density at radius 3 is 1.17 bits per heavy atom. The second kappa shape index (κ2) is 26.3. The van der Waals surface area contributed by atoms with Crippen LogP contribution in [0, 0.1) is 6.92 Å². The molecule has 1 aromatic carbocycles. The van der Waals surface area contributed by atoms with Gasteiger partial charge in [0.1, 0.15) is 0 Å². The van der Waals surface area contributed by atoms with Gasteiger partial charge in [-0.15, -0.1) is 0 Å². The van der Waals surface area contributed by atoms with Gasteiger partial charge in [0.05, 0.1) is 0 Å². The SMILES string of the molecule is C[PH+](C)C.C[PH+](C)C.[CH2-]CCC.[Fe+6].c1cc[cH-]c1. The molecule has 0 nitrogen and oxygen atoms in total. The molecule has 18 heavy (non-hydrogen) atoms. The summed E-state index contributed by atoms with van der Waals surface area (Å²) in [4.78, 5) is 0. The van der Waals surface area contributed by atoms with E-state index in [1.807, 2.05) is 30.3 Å². The largest absolute Gasteiger partial charge is 6.00 e. The molecule has 0 saturated carbocycles. The molecular formula is C15H34FeP2+6. The van der Waals surface area contributed by atoms with Crippen molar-refractivity contribution >= 4 is 15.8 Å². The summed E-state index contributed by atoms with van der Waals surface area (Å²) in [7, 11) is 0.241. The quantitative estimate of drug-likeness (QED) is 0.376. The molecule has 0 aliphatic rings. The van der Waals surface area contributed by atoms with Gasteiger partial charge in [-0.05, 0) is 15.8 Å². The zero-order chi connectivity index (χ0) is 14.1. The van der Waals surface area contributed by atoms with Gasteiger partial charge in [0.15, 0.2) is 0 Å². The summed E-state index contributed by atoms with van der Waals surface area (Å²) < 4.78 is 0. The Morgan fingerprint density at radius 1 is 0.889 bits per heavy atom. The molecule has 0 atom stereocenters. The number of rotatable bonds is 1. The summed E-state index contributed by atoms with van der Waals surface area (Å²) in [6.07, 6.45) is 2.28. The zero-order valence-electron chi connectivity index (χ0n) is 13.4. The molecule has 0 bridgehead atoms. The van der Waals surface area contributed by atoms with Gasteiger partial charge in [-0.3, -0.25) is 0 Å². The molecule has 0 saturated heterocycles. The molecule has 0 N–H and O–H groups in total. The maximum Gasteiger partial charge on any atom is 6.00 e. The van der Waals surface area contributed by atoms with Gasteiger partial charge >= 0.3 is 17.1 Å². The molecule has 0 radical (unpaired) electrons. The number of hydrogen-bond donors (Lipinski definition) is 0. The first kappa shape index (κ1) is 27.1. The van der Waals surface area contributed by atoms with E-state index >= 15 is 0 Å². The molecule has 1 rings (SSSR count). The molecule has 0 spiro atoms. The van der Waals surface area contributed by atoms with Crippen molar-refractivity contribution in [3.63, 3.8) is 0 Å². The molecule has 106 valence electrons. The van der Waals surface area contributed by atoms with E-state index in [4.69, 9.17) is 0 Å². The molecule has 0 fully saturated rings. The van der Waals surface area contributed by atoms with Gasteiger partial charge in [-0.1, -0.05) is 13.3 Å². The van der Waals surface area contributed by atoms with Crippen molar-refractivity contribution in [3.8, 4) is 0 Å². The summed E-state index contributed by atoms with van der Waals surface area (Å²) in [5, 5.41) is 0. The minimum Gasteiger partial charge on any atom is -0.343 e. The summed E-state index contributed by atoms with van der Waals surface area (Å²) in [6.45, 7) is 19.3. The fourth-order valence-electron chi connectivity index (χ4n) is 0.321. The average molecular weight is 332 g/mol. The Balaban J connectivity index is -0.0000000719. The van der Waals surface area contributed by atoms with Gasteiger partial charge in [-0.2, -0.15) is 24.6 Å². The van der Waals surface area contributed by atoms with Crippen LogP contribution < -0.4 is 0 Å². The topological polar surface area (TPSA) is 0 Å². The zero-order valence-corrected chi connectivity index (χ0v) is 16.5. The minimum atomic E-state index is 0. The van der Waals surface area contributed by atoms with E-state index in [0.29, 0.717) is 0 Å². The van der Waals surface area contributed by atoms with E-state index < -0.39 is 0 Å². The molecule has 0 aliphatic carbocycles. The third-order valence-corrected chi connectivity index (χ3v) is 0.909. The van der Waals surface area contributed by atoms with Crippen molar-refractivity contribution in [2.45, 2.75) is 19.8 Å². The molecule has 1 aromatic rings. The van der Waals surface area contributed by atoms with Crippen molar-refractivity contribution in [2.75, 3.05) is 40.0 Å². The van der Waals surface area contributed by atoms with Gasteiger partial charge < -0.3 is 6.92 Å². The van der Waals surface area contributed by atoms with E-state index in [2.05, 4.69) is 53.8 Å². The fraction of sp³-hybridized carbons (Fsp3) is 0.600. The molecule has 0 heterocycles. The van der Waals surface area contributed by atoms with Crippen LogP contribution in [0.1, 0.15) is 19.8 Å². The Hall–Kier alpha value is 0.729. The minimum absolute atomic E-state index is 0. The van der Waals surface area contributed by atoms with Gasteiger partial charge in [0.2, 0.25) is 0 Å². The molecule has 3 heteroatoms. The summed E-state index contributed by atoms with van der Waals surface area (Å²) in [6, 6.07) is 10.0.